The van der Waals surface area contributed by atoms with Crippen LogP contribution < -0.4 is 5.32 Å². The number of aromatic nitrogens is 1. The van der Waals surface area contributed by atoms with Crippen LogP contribution in [0.2, 0.25) is 0 Å². The average Bonchev–Trinajstić information content (AvgIpc) is 3.18. The number of carbonyl (C=O) groups is 1. The fourth-order valence-electron chi connectivity index (χ4n) is 2.65. The lowest BCUT2D eigenvalue weighted by molar-refractivity contribution is -0.141. The van der Waals surface area contributed by atoms with Crippen molar-refractivity contribution in [3.05, 3.63) is 35.6 Å². The molecule has 25 heavy (non-hydrogen) atoms. The molecule has 0 saturated carbocycles. The van der Waals surface area contributed by atoms with Gasteiger partial charge in [0.2, 0.25) is 0 Å². The van der Waals surface area contributed by atoms with Crippen LogP contribution in [0.5, 0.6) is 0 Å². The molecule has 2 aromatic rings. The van der Waals surface area contributed by atoms with Gasteiger partial charge in [0.15, 0.2) is 11.5 Å². The van der Waals surface area contributed by atoms with E-state index in [1.165, 1.54) is 6.07 Å². The molecule has 0 bridgehead atoms. The fourth-order valence-corrected chi connectivity index (χ4v) is 2.65. The molecule has 6 nitrogen and oxygen atoms in total. The Bertz CT molecular complexity index is 730. The van der Waals surface area contributed by atoms with E-state index in [2.05, 4.69) is 26.5 Å². The first kappa shape index (κ1) is 17.5. The van der Waals surface area contributed by atoms with Crippen LogP contribution >= 0.6 is 0 Å². The summed E-state index contributed by atoms with van der Waals surface area (Å²) in [6.45, 7) is 4.76. The van der Waals surface area contributed by atoms with Gasteiger partial charge in [0.05, 0.1) is 6.54 Å². The predicted octanol–water partition coefficient (Wildman–Crippen LogP) is 3.77. The first-order valence-corrected chi connectivity index (χ1v) is 7.96. The van der Waals surface area contributed by atoms with Gasteiger partial charge in [-0.2, -0.15) is 18.2 Å². The second kappa shape index (κ2) is 6.91. The van der Waals surface area contributed by atoms with Gasteiger partial charge in [-0.1, -0.05) is 6.92 Å². The molecule has 0 spiro atoms. The standard InChI is InChI=1S/C16H18F3N3O3/c1-10-4-6-22(7-5-10)8-11-2-3-12(25-11)14(23)21-15-20-13(9-24-15)16(17,18)19/h2-3,9-10H,4-8H2,1H3,(H,20,21,23). The summed E-state index contributed by atoms with van der Waals surface area (Å²) in [7, 11) is 0. The number of carbonyl (C=O) groups excluding carboxylic acids is 1. The van der Waals surface area contributed by atoms with Crippen molar-refractivity contribution in [2.45, 2.75) is 32.5 Å². The van der Waals surface area contributed by atoms with E-state index in [4.69, 9.17) is 4.42 Å². The summed E-state index contributed by atoms with van der Waals surface area (Å²) in [6.07, 6.45) is -1.93. The Morgan fingerprint density at radius 3 is 2.72 bits per heavy atom. The van der Waals surface area contributed by atoms with E-state index in [0.717, 1.165) is 31.8 Å². The van der Waals surface area contributed by atoms with E-state index in [1.54, 1.807) is 6.07 Å². The first-order chi connectivity index (χ1) is 11.8. The minimum Gasteiger partial charge on any atom is -0.455 e. The van der Waals surface area contributed by atoms with Crippen molar-refractivity contribution in [3.63, 3.8) is 0 Å². The van der Waals surface area contributed by atoms with E-state index in [9.17, 15) is 18.0 Å². The number of halogens is 3. The van der Waals surface area contributed by atoms with Crippen molar-refractivity contribution >= 4 is 11.9 Å². The van der Waals surface area contributed by atoms with E-state index in [1.807, 2.05) is 0 Å². The monoisotopic (exact) mass is 357 g/mol. The van der Waals surface area contributed by atoms with Crippen LogP contribution in [-0.4, -0.2) is 28.9 Å². The van der Waals surface area contributed by atoms with Crippen molar-refractivity contribution in [1.82, 2.24) is 9.88 Å². The molecule has 136 valence electrons. The Hall–Kier alpha value is -2.29. The average molecular weight is 357 g/mol. The number of amides is 1. The minimum absolute atomic E-state index is 0.00728. The number of nitrogens with zero attached hydrogens (tertiary/aromatic N) is 2. The van der Waals surface area contributed by atoms with E-state index >= 15 is 0 Å². The maximum Gasteiger partial charge on any atom is 0.436 e. The van der Waals surface area contributed by atoms with E-state index in [0.29, 0.717) is 18.6 Å². The van der Waals surface area contributed by atoms with Gasteiger partial charge in [-0.3, -0.25) is 15.0 Å². The van der Waals surface area contributed by atoms with Gasteiger partial charge in [0.1, 0.15) is 12.0 Å². The Morgan fingerprint density at radius 2 is 2.08 bits per heavy atom. The molecule has 0 aliphatic carbocycles. The summed E-state index contributed by atoms with van der Waals surface area (Å²) in [6, 6.07) is 2.63. The van der Waals surface area contributed by atoms with Gasteiger partial charge in [0.25, 0.3) is 5.91 Å². The SMILES string of the molecule is CC1CCN(Cc2ccc(C(=O)Nc3nc(C(F)(F)F)co3)o2)CC1. The van der Waals surface area contributed by atoms with Crippen LogP contribution in [0, 0.1) is 5.92 Å². The van der Waals surface area contributed by atoms with E-state index in [-0.39, 0.29) is 5.76 Å². The van der Waals surface area contributed by atoms with Crippen molar-refractivity contribution in [3.8, 4) is 0 Å². The Balaban J connectivity index is 1.58. The zero-order valence-electron chi connectivity index (χ0n) is 13.6. The second-order valence-corrected chi connectivity index (χ2v) is 6.21. The zero-order valence-corrected chi connectivity index (χ0v) is 13.6. The van der Waals surface area contributed by atoms with Crippen LogP contribution in [-0.2, 0) is 12.7 Å². The topological polar surface area (TPSA) is 71.5 Å². The quantitative estimate of drug-likeness (QED) is 0.902. The van der Waals surface area contributed by atoms with Gasteiger partial charge >= 0.3 is 12.2 Å². The Labute approximate surface area is 142 Å². The molecule has 1 amide bonds. The molecule has 2 aromatic heterocycles. The summed E-state index contributed by atoms with van der Waals surface area (Å²) in [5.41, 5.74) is -1.21. The van der Waals surface area contributed by atoms with Crippen LogP contribution in [0.25, 0.3) is 0 Å². The number of likely N-dealkylation sites (tertiary alicyclic amines) is 1. The molecule has 9 heteroatoms. The maximum atomic E-state index is 12.5. The Morgan fingerprint density at radius 1 is 1.36 bits per heavy atom. The van der Waals surface area contributed by atoms with Crippen LogP contribution in [0.15, 0.2) is 27.2 Å². The van der Waals surface area contributed by atoms with Gasteiger partial charge in [-0.25, -0.2) is 0 Å². The highest BCUT2D eigenvalue weighted by molar-refractivity contribution is 6.00. The highest BCUT2D eigenvalue weighted by Gasteiger charge is 2.35. The predicted molar refractivity (Wildman–Crippen MR) is 81.8 cm³/mol. The third-order valence-corrected chi connectivity index (χ3v) is 4.16. The fraction of sp³-hybridized carbons (Fsp3) is 0.500. The van der Waals surface area contributed by atoms with Crippen molar-refractivity contribution in [2.75, 3.05) is 18.4 Å². The summed E-state index contributed by atoms with van der Waals surface area (Å²) in [5.74, 6) is 0.626. The third-order valence-electron chi connectivity index (χ3n) is 4.16. The van der Waals surface area contributed by atoms with Crippen LogP contribution in [0.4, 0.5) is 19.2 Å². The smallest absolute Gasteiger partial charge is 0.436 e. The highest BCUT2D eigenvalue weighted by Crippen LogP contribution is 2.29. The molecular formula is C16H18F3N3O3. The molecule has 1 aliphatic rings. The molecule has 0 unspecified atom stereocenters. The van der Waals surface area contributed by atoms with Crippen molar-refractivity contribution < 1.29 is 26.8 Å². The summed E-state index contributed by atoms with van der Waals surface area (Å²) in [4.78, 5) is 17.4. The number of anilines is 1. The minimum atomic E-state index is -4.63. The van der Waals surface area contributed by atoms with Gasteiger partial charge in [-0.05, 0) is 44.0 Å². The molecular weight excluding hydrogens is 339 g/mol. The number of hydrogen-bond acceptors (Lipinski definition) is 5. The first-order valence-electron chi connectivity index (χ1n) is 7.96. The molecule has 3 rings (SSSR count). The van der Waals surface area contributed by atoms with Gasteiger partial charge < -0.3 is 8.83 Å². The van der Waals surface area contributed by atoms with Crippen molar-refractivity contribution in [1.29, 1.82) is 0 Å². The number of oxazole rings is 1. The largest absolute Gasteiger partial charge is 0.455 e. The Kier molecular flexibility index (Phi) is 4.85. The molecule has 0 radical (unpaired) electrons. The maximum absolute atomic E-state index is 12.5. The lowest BCUT2D eigenvalue weighted by Crippen LogP contribution is -2.32. The number of nitrogens with one attached hydrogen (secondary N) is 1. The molecule has 1 fully saturated rings. The molecule has 0 atom stereocenters. The normalized spacial score (nSPS) is 17.0. The number of hydrogen-bond donors (Lipinski definition) is 1. The summed E-state index contributed by atoms with van der Waals surface area (Å²) >= 11 is 0. The number of piperidine rings is 1. The van der Waals surface area contributed by atoms with Crippen LogP contribution in [0.1, 0.15) is 41.8 Å². The molecule has 3 heterocycles. The molecule has 1 N–H and O–H groups in total. The van der Waals surface area contributed by atoms with Crippen LogP contribution in [0.3, 0.4) is 0 Å². The molecule has 1 aliphatic heterocycles. The summed E-state index contributed by atoms with van der Waals surface area (Å²) < 4.78 is 47.4. The molecule has 0 aromatic carbocycles. The zero-order chi connectivity index (χ0) is 18.0. The lowest BCUT2D eigenvalue weighted by atomic mass is 9.99. The number of alkyl halides is 3. The van der Waals surface area contributed by atoms with Gasteiger partial charge in [0, 0.05) is 0 Å². The number of rotatable bonds is 4. The summed E-state index contributed by atoms with van der Waals surface area (Å²) in [5, 5.41) is 2.15. The highest BCUT2D eigenvalue weighted by atomic mass is 19.4. The number of furan rings is 1. The molecule has 1 saturated heterocycles. The second-order valence-electron chi connectivity index (χ2n) is 6.21. The van der Waals surface area contributed by atoms with Crippen molar-refractivity contribution in [2.24, 2.45) is 5.92 Å². The van der Waals surface area contributed by atoms with E-state index < -0.39 is 23.8 Å². The third kappa shape index (κ3) is 4.41. The lowest BCUT2D eigenvalue weighted by Gasteiger charge is -2.29. The van der Waals surface area contributed by atoms with Gasteiger partial charge in [-0.15, -0.1) is 0 Å².